The van der Waals surface area contributed by atoms with Crippen LogP contribution in [-0.2, 0) is 11.2 Å². The van der Waals surface area contributed by atoms with E-state index in [2.05, 4.69) is 19.1 Å². The number of ketones is 1. The number of benzene rings is 1. The molecule has 1 aliphatic rings. The topological polar surface area (TPSA) is 17.1 Å². The van der Waals surface area contributed by atoms with Gasteiger partial charge >= 0.3 is 0 Å². The molecular formula is C13H18O. The lowest BCUT2D eigenvalue weighted by Crippen LogP contribution is -2.16. The van der Waals surface area contributed by atoms with E-state index < -0.39 is 0 Å². The van der Waals surface area contributed by atoms with Crippen molar-refractivity contribution in [1.82, 2.24) is 0 Å². The largest absolute Gasteiger partial charge is 0.299 e. The summed E-state index contributed by atoms with van der Waals surface area (Å²) in [6.45, 7) is 6.12. The fourth-order valence-corrected chi connectivity index (χ4v) is 1.91. The van der Waals surface area contributed by atoms with Crippen molar-refractivity contribution in [3.8, 4) is 0 Å². The van der Waals surface area contributed by atoms with Gasteiger partial charge in [-0.05, 0) is 17.0 Å². The number of carbonyl (C=O) groups excluding carboxylic acids is 1. The molecule has 1 nitrogen and oxygen atoms in total. The summed E-state index contributed by atoms with van der Waals surface area (Å²) in [6.07, 6.45) is 1.36. The van der Waals surface area contributed by atoms with E-state index >= 15 is 0 Å². The number of rotatable bonds is 0. The number of hydrogen-bond donors (Lipinski definition) is 0. The predicted octanol–water partition coefficient (Wildman–Crippen LogP) is 3.33. The van der Waals surface area contributed by atoms with Crippen LogP contribution in [0.3, 0.4) is 0 Å². The Labute approximate surface area is 86.1 Å². The fourth-order valence-electron chi connectivity index (χ4n) is 1.91. The molecule has 1 heteroatoms. The molecule has 0 bridgehead atoms. The third-order valence-corrected chi connectivity index (χ3v) is 2.51. The molecule has 0 saturated carbocycles. The number of Topliss-reactive ketones (excluding diaryl/α,β-unsaturated/α-hetero) is 1. The zero-order valence-electron chi connectivity index (χ0n) is 9.21. The van der Waals surface area contributed by atoms with Crippen molar-refractivity contribution in [3.63, 3.8) is 0 Å². The van der Waals surface area contributed by atoms with E-state index in [4.69, 9.17) is 0 Å². The lowest BCUT2D eigenvalue weighted by Gasteiger charge is -2.20. The molecule has 0 N–H and O–H groups in total. The molecule has 2 rings (SSSR count). The van der Waals surface area contributed by atoms with Gasteiger partial charge < -0.3 is 0 Å². The third-order valence-electron chi connectivity index (χ3n) is 2.51. The fraction of sp³-hybridized carbons (Fsp3) is 0.462. The van der Waals surface area contributed by atoms with Gasteiger partial charge in [0, 0.05) is 12.8 Å². The summed E-state index contributed by atoms with van der Waals surface area (Å²) in [4.78, 5) is 11.2. The minimum Gasteiger partial charge on any atom is -0.299 e. The van der Waals surface area contributed by atoms with Gasteiger partial charge in [-0.3, -0.25) is 4.79 Å². The van der Waals surface area contributed by atoms with Crippen LogP contribution in [0, 0.1) is 0 Å². The Morgan fingerprint density at radius 3 is 2.57 bits per heavy atom. The first-order valence-electron chi connectivity index (χ1n) is 5.37. The monoisotopic (exact) mass is 190 g/mol. The van der Waals surface area contributed by atoms with Gasteiger partial charge in [-0.1, -0.05) is 45.0 Å². The molecule has 0 saturated heterocycles. The van der Waals surface area contributed by atoms with Crippen LogP contribution in [0.15, 0.2) is 24.3 Å². The second-order valence-corrected chi connectivity index (χ2v) is 3.52. The van der Waals surface area contributed by atoms with Crippen LogP contribution in [0.1, 0.15) is 44.2 Å². The maximum atomic E-state index is 11.2. The summed E-state index contributed by atoms with van der Waals surface area (Å²) < 4.78 is 0. The summed E-state index contributed by atoms with van der Waals surface area (Å²) in [5.74, 6) is 0.795. The Balaban J connectivity index is 0.000000461. The zero-order valence-corrected chi connectivity index (χ0v) is 9.21. The molecule has 76 valence electrons. The molecule has 1 aromatic rings. The highest BCUT2D eigenvalue weighted by Crippen LogP contribution is 2.28. The Bertz CT molecular complexity index is 315. The minimum atomic E-state index is 0.376. The van der Waals surface area contributed by atoms with Gasteiger partial charge in [0.2, 0.25) is 0 Å². The van der Waals surface area contributed by atoms with E-state index in [-0.39, 0.29) is 0 Å². The van der Waals surface area contributed by atoms with Crippen molar-refractivity contribution in [2.45, 2.75) is 39.5 Å². The third kappa shape index (κ3) is 2.22. The molecular weight excluding hydrogens is 172 g/mol. The van der Waals surface area contributed by atoms with E-state index in [1.54, 1.807) is 0 Å². The predicted molar refractivity (Wildman–Crippen MR) is 59.5 cm³/mol. The SMILES string of the molecule is CC.CC1CC(=O)Cc2ccccc21. The second-order valence-electron chi connectivity index (χ2n) is 3.52. The smallest absolute Gasteiger partial charge is 0.137 e. The van der Waals surface area contributed by atoms with Crippen molar-refractivity contribution in [1.29, 1.82) is 0 Å². The first-order valence-corrected chi connectivity index (χ1v) is 5.37. The number of hydrogen-bond acceptors (Lipinski definition) is 1. The van der Waals surface area contributed by atoms with Crippen LogP contribution in [-0.4, -0.2) is 5.78 Å². The molecule has 0 aliphatic heterocycles. The van der Waals surface area contributed by atoms with Crippen molar-refractivity contribution in [2.24, 2.45) is 0 Å². The summed E-state index contributed by atoms with van der Waals surface area (Å²) in [6, 6.07) is 8.24. The molecule has 0 fully saturated rings. The highest BCUT2D eigenvalue weighted by Gasteiger charge is 2.20. The lowest BCUT2D eigenvalue weighted by molar-refractivity contribution is -0.119. The maximum absolute atomic E-state index is 11.2. The summed E-state index contributed by atoms with van der Waals surface area (Å²) in [5.41, 5.74) is 2.58. The van der Waals surface area contributed by atoms with Crippen LogP contribution in [0.4, 0.5) is 0 Å². The minimum absolute atomic E-state index is 0.376. The molecule has 14 heavy (non-hydrogen) atoms. The molecule has 0 aromatic heterocycles. The molecule has 1 unspecified atom stereocenters. The molecule has 1 aliphatic carbocycles. The average molecular weight is 190 g/mol. The average Bonchev–Trinajstić information content (AvgIpc) is 2.20. The van der Waals surface area contributed by atoms with Crippen LogP contribution < -0.4 is 0 Å². The first kappa shape index (κ1) is 11.0. The number of fused-ring (bicyclic) bond motifs is 1. The quantitative estimate of drug-likeness (QED) is 0.613. The van der Waals surface area contributed by atoms with Gasteiger partial charge in [0.05, 0.1) is 0 Å². The Hall–Kier alpha value is -1.11. The highest BCUT2D eigenvalue weighted by atomic mass is 16.1. The van der Waals surface area contributed by atoms with E-state index in [0.717, 1.165) is 6.42 Å². The van der Waals surface area contributed by atoms with Gasteiger partial charge in [0.15, 0.2) is 0 Å². The Kier molecular flexibility index (Phi) is 3.87. The van der Waals surface area contributed by atoms with Crippen LogP contribution in [0.25, 0.3) is 0 Å². The Morgan fingerprint density at radius 2 is 1.86 bits per heavy atom. The van der Waals surface area contributed by atoms with E-state index in [0.29, 0.717) is 18.1 Å². The summed E-state index contributed by atoms with van der Waals surface area (Å²) >= 11 is 0. The zero-order chi connectivity index (χ0) is 10.6. The Morgan fingerprint density at radius 1 is 1.21 bits per heavy atom. The van der Waals surface area contributed by atoms with Gasteiger partial charge in [-0.25, -0.2) is 0 Å². The van der Waals surface area contributed by atoms with Crippen molar-refractivity contribution in [3.05, 3.63) is 35.4 Å². The van der Waals surface area contributed by atoms with Crippen molar-refractivity contribution >= 4 is 5.78 Å². The normalized spacial score (nSPS) is 19.4. The molecule has 1 aromatic carbocycles. The van der Waals surface area contributed by atoms with Gasteiger partial charge in [0.1, 0.15) is 5.78 Å². The van der Waals surface area contributed by atoms with E-state index in [1.165, 1.54) is 11.1 Å². The van der Waals surface area contributed by atoms with Crippen molar-refractivity contribution < 1.29 is 4.79 Å². The lowest BCUT2D eigenvalue weighted by atomic mass is 9.83. The summed E-state index contributed by atoms with van der Waals surface area (Å²) in [7, 11) is 0. The van der Waals surface area contributed by atoms with Gasteiger partial charge in [-0.15, -0.1) is 0 Å². The second kappa shape index (κ2) is 4.94. The molecule has 0 amide bonds. The molecule has 1 atom stereocenters. The van der Waals surface area contributed by atoms with E-state index in [1.807, 2.05) is 26.0 Å². The highest BCUT2D eigenvalue weighted by molar-refractivity contribution is 5.84. The van der Waals surface area contributed by atoms with Crippen molar-refractivity contribution in [2.75, 3.05) is 0 Å². The van der Waals surface area contributed by atoms with Crippen LogP contribution in [0.2, 0.25) is 0 Å². The summed E-state index contributed by atoms with van der Waals surface area (Å²) in [5, 5.41) is 0. The van der Waals surface area contributed by atoms with Crippen LogP contribution >= 0.6 is 0 Å². The van der Waals surface area contributed by atoms with E-state index in [9.17, 15) is 4.79 Å². The first-order chi connectivity index (χ1) is 6.77. The van der Waals surface area contributed by atoms with Gasteiger partial charge in [-0.2, -0.15) is 0 Å². The molecule has 0 heterocycles. The standard InChI is InChI=1S/C11H12O.C2H6/c1-8-6-10(12)7-9-4-2-3-5-11(8)9;1-2/h2-5,8H,6-7H2,1H3;1-2H3. The molecule has 0 spiro atoms. The molecule has 0 radical (unpaired) electrons. The number of carbonyl (C=O) groups is 1. The van der Waals surface area contributed by atoms with Gasteiger partial charge in [0.25, 0.3) is 0 Å². The maximum Gasteiger partial charge on any atom is 0.137 e. The van der Waals surface area contributed by atoms with Crippen LogP contribution in [0.5, 0.6) is 0 Å².